The Hall–Kier alpha value is -0.773. The van der Waals surface area contributed by atoms with Gasteiger partial charge < -0.3 is 28.5 Å². The van der Waals surface area contributed by atoms with Crippen molar-refractivity contribution in [1.29, 1.82) is 0 Å². The maximum atomic E-state index is 11.5. The van der Waals surface area contributed by atoms with Crippen molar-refractivity contribution >= 4 is 14.3 Å². The van der Waals surface area contributed by atoms with Gasteiger partial charge in [0.1, 0.15) is 0 Å². The average Bonchev–Trinajstić information content (AvgIpc) is 2.79. The molecule has 0 amide bonds. The van der Waals surface area contributed by atoms with Crippen LogP contribution in [0.25, 0.3) is 0 Å². The molecule has 0 bridgehead atoms. The summed E-state index contributed by atoms with van der Waals surface area (Å²) in [6.45, 7) is 17.4. The van der Waals surface area contributed by atoms with Crippen molar-refractivity contribution in [3.63, 3.8) is 0 Å². The minimum atomic E-state index is -2.10. The lowest BCUT2D eigenvalue weighted by Gasteiger charge is -2.48. The highest BCUT2D eigenvalue weighted by Gasteiger charge is 2.49. The minimum Gasteiger partial charge on any atom is -0.466 e. The first-order chi connectivity index (χ1) is 14.2. The topological polar surface area (TPSA) is 83.5 Å². The lowest BCUT2D eigenvalue weighted by Crippen LogP contribution is -2.57. The van der Waals surface area contributed by atoms with Gasteiger partial charge in [0.25, 0.3) is 0 Å². The van der Waals surface area contributed by atoms with Crippen molar-refractivity contribution in [2.45, 2.75) is 109 Å². The number of aliphatic hydroxyl groups is 1. The molecule has 0 radical (unpaired) electrons. The van der Waals surface area contributed by atoms with Gasteiger partial charge in [0, 0.05) is 18.4 Å². The van der Waals surface area contributed by atoms with Crippen molar-refractivity contribution in [2.24, 2.45) is 5.92 Å². The van der Waals surface area contributed by atoms with Crippen LogP contribution in [0.2, 0.25) is 18.1 Å². The number of hydrogen-bond acceptors (Lipinski definition) is 7. The Labute approximate surface area is 188 Å². The van der Waals surface area contributed by atoms with Crippen molar-refractivity contribution in [3.8, 4) is 0 Å². The summed E-state index contributed by atoms with van der Waals surface area (Å²) in [5.41, 5.74) is 0. The monoisotopic (exact) mass is 458 g/mol. The molecule has 31 heavy (non-hydrogen) atoms. The maximum absolute atomic E-state index is 11.5. The average molecular weight is 459 g/mol. The Kier molecular flexibility index (Phi) is 8.55. The van der Waals surface area contributed by atoms with Crippen LogP contribution in [-0.4, -0.2) is 69.4 Å². The molecule has 0 aliphatic carbocycles. The third-order valence-electron chi connectivity index (χ3n) is 6.80. The van der Waals surface area contributed by atoms with Gasteiger partial charge in [0.15, 0.2) is 14.1 Å². The third kappa shape index (κ3) is 6.85. The summed E-state index contributed by atoms with van der Waals surface area (Å²) >= 11 is 0. The lowest BCUT2D eigenvalue weighted by atomic mass is 9.87. The first-order valence-corrected chi connectivity index (χ1v) is 14.2. The fourth-order valence-electron chi connectivity index (χ4n) is 3.84. The molecule has 2 rings (SSSR count). The molecule has 7 nitrogen and oxygen atoms in total. The zero-order chi connectivity index (χ0) is 23.6. The number of methoxy groups -OCH3 is 1. The number of hydrogen-bond donors (Lipinski definition) is 1. The predicted octanol–water partition coefficient (Wildman–Crippen LogP) is 3.80. The smallest absolute Gasteiger partial charge is 0.330 e. The third-order valence-corrected chi connectivity index (χ3v) is 11.3. The molecule has 0 spiro atoms. The van der Waals surface area contributed by atoms with Gasteiger partial charge in [-0.3, -0.25) is 0 Å². The summed E-state index contributed by atoms with van der Waals surface area (Å²) in [6.07, 6.45) is 2.40. The summed E-state index contributed by atoms with van der Waals surface area (Å²) in [6, 6.07) is 0. The number of ether oxygens (including phenoxy) is 4. The Balaban J connectivity index is 2.28. The summed E-state index contributed by atoms with van der Waals surface area (Å²) < 4.78 is 30.1. The molecule has 1 unspecified atom stereocenters. The van der Waals surface area contributed by atoms with E-state index < -0.39 is 26.2 Å². The molecule has 2 heterocycles. The van der Waals surface area contributed by atoms with E-state index in [2.05, 4.69) is 38.6 Å². The van der Waals surface area contributed by atoms with Crippen LogP contribution in [0.1, 0.15) is 54.4 Å². The SMILES string of the molecule is COC(=O)/C=C/C(O)[C@H](C)[C@@H]1O[C@@H]2CCOC(C)(C)O[C@@H]2C[C@@H]1O[Si](C)(C)C(C)(C)C. The highest BCUT2D eigenvalue weighted by Crippen LogP contribution is 2.42. The minimum absolute atomic E-state index is 0.0354. The molecule has 6 atom stereocenters. The van der Waals surface area contributed by atoms with Crippen LogP contribution in [0, 0.1) is 5.92 Å². The van der Waals surface area contributed by atoms with Crippen molar-refractivity contribution < 1.29 is 33.3 Å². The van der Waals surface area contributed by atoms with E-state index in [-0.39, 0.29) is 35.4 Å². The van der Waals surface area contributed by atoms with Gasteiger partial charge in [0.2, 0.25) is 0 Å². The summed E-state index contributed by atoms with van der Waals surface area (Å²) in [5.74, 6) is -1.46. The highest BCUT2D eigenvalue weighted by atomic mass is 28.4. The van der Waals surface area contributed by atoms with Gasteiger partial charge >= 0.3 is 5.97 Å². The number of fused-ring (bicyclic) bond motifs is 1. The van der Waals surface area contributed by atoms with Crippen LogP contribution in [-0.2, 0) is 28.2 Å². The molecule has 2 saturated heterocycles. The summed E-state index contributed by atoms with van der Waals surface area (Å²) in [5, 5.41) is 10.8. The first kappa shape index (κ1) is 26.5. The zero-order valence-electron chi connectivity index (χ0n) is 20.6. The fourth-order valence-corrected chi connectivity index (χ4v) is 5.18. The van der Waals surface area contributed by atoms with Crippen LogP contribution >= 0.6 is 0 Å². The Morgan fingerprint density at radius 3 is 2.48 bits per heavy atom. The van der Waals surface area contributed by atoms with Gasteiger partial charge in [-0.1, -0.05) is 27.7 Å². The molecular formula is C23H42O7Si. The molecule has 0 aromatic heterocycles. The molecule has 8 heteroatoms. The number of esters is 1. The lowest BCUT2D eigenvalue weighted by molar-refractivity contribution is -0.261. The van der Waals surface area contributed by atoms with E-state index in [1.54, 1.807) is 0 Å². The Morgan fingerprint density at radius 2 is 1.90 bits per heavy atom. The molecule has 2 aliphatic rings. The van der Waals surface area contributed by atoms with Gasteiger partial charge in [0.05, 0.1) is 44.2 Å². The van der Waals surface area contributed by atoms with Crippen LogP contribution in [0.15, 0.2) is 12.2 Å². The van der Waals surface area contributed by atoms with Gasteiger partial charge in [-0.15, -0.1) is 0 Å². The molecule has 2 aliphatic heterocycles. The molecule has 0 aromatic carbocycles. The van der Waals surface area contributed by atoms with E-state index >= 15 is 0 Å². The summed E-state index contributed by atoms with van der Waals surface area (Å²) in [4.78, 5) is 11.5. The molecule has 1 N–H and O–H groups in total. The number of carbonyl (C=O) groups is 1. The van der Waals surface area contributed by atoms with E-state index in [4.69, 9.17) is 18.6 Å². The largest absolute Gasteiger partial charge is 0.466 e. The van der Waals surface area contributed by atoms with E-state index in [9.17, 15) is 9.90 Å². The van der Waals surface area contributed by atoms with Crippen LogP contribution in [0.4, 0.5) is 0 Å². The molecular weight excluding hydrogens is 416 g/mol. The molecule has 0 aromatic rings. The number of carbonyl (C=O) groups excluding carboxylic acids is 1. The molecule has 2 fully saturated rings. The van der Waals surface area contributed by atoms with Crippen molar-refractivity contribution in [1.82, 2.24) is 0 Å². The second-order valence-corrected chi connectivity index (χ2v) is 15.5. The van der Waals surface area contributed by atoms with E-state index in [1.807, 2.05) is 20.8 Å². The number of aliphatic hydroxyl groups excluding tert-OH is 1. The fraction of sp³-hybridized carbons (Fsp3) is 0.870. The van der Waals surface area contributed by atoms with E-state index in [0.29, 0.717) is 13.0 Å². The normalized spacial score (nSPS) is 31.5. The van der Waals surface area contributed by atoms with Gasteiger partial charge in [-0.2, -0.15) is 0 Å². The molecule has 180 valence electrons. The summed E-state index contributed by atoms with van der Waals surface area (Å²) in [7, 11) is -0.791. The molecule has 0 saturated carbocycles. The standard InChI is InChI=1S/C23H42O7Si/c1-15(16(24)10-11-20(25)26-7)21-19(30-31(8,9)22(2,3)4)14-18-17(28-21)12-13-27-23(5,6)29-18/h10-11,15-19,21,24H,12-14H2,1-9H3/b11-10+/t15-,16?,17+,18+,19-,21-/m0/s1. The Bertz CT molecular complexity index is 640. The van der Waals surface area contributed by atoms with E-state index in [1.165, 1.54) is 19.3 Å². The van der Waals surface area contributed by atoms with E-state index in [0.717, 1.165) is 6.42 Å². The van der Waals surface area contributed by atoms with Gasteiger partial charge in [-0.05, 0) is 44.5 Å². The van der Waals surface area contributed by atoms with Crippen molar-refractivity contribution in [3.05, 3.63) is 12.2 Å². The van der Waals surface area contributed by atoms with Gasteiger partial charge in [-0.25, -0.2) is 4.79 Å². The van der Waals surface area contributed by atoms with Crippen LogP contribution in [0.5, 0.6) is 0 Å². The maximum Gasteiger partial charge on any atom is 0.330 e. The second-order valence-electron chi connectivity index (χ2n) is 10.7. The highest BCUT2D eigenvalue weighted by molar-refractivity contribution is 6.74. The second kappa shape index (κ2) is 10.0. The quantitative estimate of drug-likeness (QED) is 0.368. The Morgan fingerprint density at radius 1 is 1.26 bits per heavy atom. The predicted molar refractivity (Wildman–Crippen MR) is 121 cm³/mol. The van der Waals surface area contributed by atoms with Crippen LogP contribution in [0.3, 0.4) is 0 Å². The number of rotatable bonds is 6. The zero-order valence-corrected chi connectivity index (χ0v) is 21.6. The van der Waals surface area contributed by atoms with Crippen LogP contribution < -0.4 is 0 Å². The van der Waals surface area contributed by atoms with Crippen molar-refractivity contribution in [2.75, 3.05) is 13.7 Å². The first-order valence-electron chi connectivity index (χ1n) is 11.3.